The molecule has 2 aromatic rings. The second-order valence-electron chi connectivity index (χ2n) is 5.33. The van der Waals surface area contributed by atoms with Gasteiger partial charge in [-0.2, -0.15) is 0 Å². The standard InChI is InChI=1S/C17H15F4N3O3/c1-2-15(25)24-14-8-11(5-6-22-14)16(26)23-9-10-3-4-13(12(18)7-10)27-17(19,20)21/h3-8H,2,9H2,1H3,(H,23,26)(H,22,24,25). The summed E-state index contributed by atoms with van der Waals surface area (Å²) in [4.78, 5) is 27.4. The van der Waals surface area contributed by atoms with Crippen molar-refractivity contribution in [3.05, 3.63) is 53.5 Å². The second-order valence-corrected chi connectivity index (χ2v) is 5.33. The van der Waals surface area contributed by atoms with Gasteiger partial charge in [-0.15, -0.1) is 13.2 Å². The molecule has 0 spiro atoms. The van der Waals surface area contributed by atoms with E-state index in [9.17, 15) is 27.2 Å². The lowest BCUT2D eigenvalue weighted by molar-refractivity contribution is -0.275. The molecule has 10 heteroatoms. The van der Waals surface area contributed by atoms with E-state index in [0.717, 1.165) is 12.1 Å². The highest BCUT2D eigenvalue weighted by molar-refractivity contribution is 5.96. The molecule has 0 atom stereocenters. The molecule has 0 fully saturated rings. The monoisotopic (exact) mass is 385 g/mol. The van der Waals surface area contributed by atoms with Gasteiger partial charge >= 0.3 is 6.36 Å². The summed E-state index contributed by atoms with van der Waals surface area (Å²) >= 11 is 0. The highest BCUT2D eigenvalue weighted by atomic mass is 19.4. The van der Waals surface area contributed by atoms with Gasteiger partial charge in [-0.1, -0.05) is 13.0 Å². The average Bonchev–Trinajstić information content (AvgIpc) is 2.60. The number of anilines is 1. The summed E-state index contributed by atoms with van der Waals surface area (Å²) in [7, 11) is 0. The van der Waals surface area contributed by atoms with Crippen molar-refractivity contribution in [1.29, 1.82) is 0 Å². The number of carbonyl (C=O) groups excluding carboxylic acids is 2. The number of ether oxygens (including phenoxy) is 1. The third-order valence-electron chi connectivity index (χ3n) is 3.29. The number of aromatic nitrogens is 1. The summed E-state index contributed by atoms with van der Waals surface area (Å²) in [5.41, 5.74) is 0.442. The van der Waals surface area contributed by atoms with E-state index < -0.39 is 23.8 Å². The maximum absolute atomic E-state index is 13.6. The molecule has 144 valence electrons. The first kappa shape index (κ1) is 20.1. The number of halogens is 4. The lowest BCUT2D eigenvalue weighted by atomic mass is 10.2. The molecule has 6 nitrogen and oxygen atoms in total. The third kappa shape index (κ3) is 6.24. The summed E-state index contributed by atoms with van der Waals surface area (Å²) in [5, 5.41) is 5.00. The van der Waals surface area contributed by atoms with Crippen LogP contribution in [0.3, 0.4) is 0 Å². The Morgan fingerprint density at radius 1 is 1.19 bits per heavy atom. The molecular weight excluding hydrogens is 370 g/mol. The van der Waals surface area contributed by atoms with Gasteiger partial charge in [0.25, 0.3) is 5.91 Å². The number of pyridine rings is 1. The maximum Gasteiger partial charge on any atom is 0.573 e. The van der Waals surface area contributed by atoms with E-state index in [1.54, 1.807) is 6.92 Å². The predicted molar refractivity (Wildman–Crippen MR) is 87.4 cm³/mol. The van der Waals surface area contributed by atoms with Crippen LogP contribution in [0.15, 0.2) is 36.5 Å². The van der Waals surface area contributed by atoms with E-state index in [0.29, 0.717) is 0 Å². The Kier molecular flexibility index (Phi) is 6.32. The molecule has 0 saturated heterocycles. The Labute approximate surface area is 151 Å². The Balaban J connectivity index is 2.00. The zero-order valence-electron chi connectivity index (χ0n) is 14.1. The van der Waals surface area contributed by atoms with Crippen LogP contribution in [0.25, 0.3) is 0 Å². The summed E-state index contributed by atoms with van der Waals surface area (Å²) < 4.78 is 53.5. The minimum Gasteiger partial charge on any atom is -0.403 e. The van der Waals surface area contributed by atoms with Crippen molar-refractivity contribution in [1.82, 2.24) is 10.3 Å². The van der Waals surface area contributed by atoms with Gasteiger partial charge in [0.2, 0.25) is 5.91 Å². The van der Waals surface area contributed by atoms with Crippen LogP contribution in [-0.4, -0.2) is 23.2 Å². The molecule has 1 heterocycles. The normalized spacial score (nSPS) is 11.0. The summed E-state index contributed by atoms with van der Waals surface area (Å²) in [6.07, 6.45) is -3.41. The smallest absolute Gasteiger partial charge is 0.403 e. The van der Waals surface area contributed by atoms with Crippen LogP contribution in [0, 0.1) is 5.82 Å². The molecule has 1 aromatic carbocycles. The summed E-state index contributed by atoms with van der Waals surface area (Å²) in [5.74, 6) is -2.75. The highest BCUT2D eigenvalue weighted by Gasteiger charge is 2.32. The topological polar surface area (TPSA) is 80.3 Å². The van der Waals surface area contributed by atoms with Crippen molar-refractivity contribution in [3.63, 3.8) is 0 Å². The number of rotatable bonds is 6. The van der Waals surface area contributed by atoms with Gasteiger partial charge in [-0.05, 0) is 29.8 Å². The highest BCUT2D eigenvalue weighted by Crippen LogP contribution is 2.26. The quantitative estimate of drug-likeness (QED) is 0.747. The molecule has 0 radical (unpaired) electrons. The first-order chi connectivity index (χ1) is 12.7. The fraction of sp³-hybridized carbons (Fsp3) is 0.235. The summed E-state index contributed by atoms with van der Waals surface area (Å²) in [6, 6.07) is 5.64. The maximum atomic E-state index is 13.6. The molecule has 2 N–H and O–H groups in total. The molecular formula is C17H15F4N3O3. The molecule has 2 amide bonds. The van der Waals surface area contributed by atoms with Crippen LogP contribution >= 0.6 is 0 Å². The fourth-order valence-corrected chi connectivity index (χ4v) is 2.02. The molecule has 2 rings (SSSR count). The summed E-state index contributed by atoms with van der Waals surface area (Å²) in [6.45, 7) is 1.54. The van der Waals surface area contributed by atoms with Crippen molar-refractivity contribution < 1.29 is 31.9 Å². The number of alkyl halides is 3. The van der Waals surface area contributed by atoms with Crippen molar-refractivity contribution in [2.45, 2.75) is 26.3 Å². The minimum absolute atomic E-state index is 0.124. The third-order valence-corrected chi connectivity index (χ3v) is 3.29. The molecule has 0 aliphatic carbocycles. The molecule has 0 aliphatic heterocycles. The minimum atomic E-state index is -5.00. The number of benzene rings is 1. The van der Waals surface area contributed by atoms with Gasteiger partial charge in [-0.3, -0.25) is 9.59 Å². The van der Waals surface area contributed by atoms with Crippen molar-refractivity contribution in [2.24, 2.45) is 0 Å². The first-order valence-electron chi connectivity index (χ1n) is 7.76. The number of nitrogens with one attached hydrogen (secondary N) is 2. The van der Waals surface area contributed by atoms with Gasteiger partial charge in [-0.25, -0.2) is 9.37 Å². The van der Waals surface area contributed by atoms with Gasteiger partial charge in [0.1, 0.15) is 5.82 Å². The van der Waals surface area contributed by atoms with Gasteiger partial charge in [0.05, 0.1) is 0 Å². The number of nitrogens with zero attached hydrogens (tertiary/aromatic N) is 1. The first-order valence-corrected chi connectivity index (χ1v) is 7.76. The van der Waals surface area contributed by atoms with E-state index in [2.05, 4.69) is 20.4 Å². The fourth-order valence-electron chi connectivity index (χ4n) is 2.02. The van der Waals surface area contributed by atoms with Crippen LogP contribution < -0.4 is 15.4 Å². The molecule has 1 aromatic heterocycles. The van der Waals surface area contributed by atoms with Crippen LogP contribution in [0.5, 0.6) is 5.75 Å². The lowest BCUT2D eigenvalue weighted by Gasteiger charge is -2.11. The second kappa shape index (κ2) is 8.47. The number of hydrogen-bond donors (Lipinski definition) is 2. The SMILES string of the molecule is CCC(=O)Nc1cc(C(=O)NCc2ccc(OC(F)(F)F)c(F)c2)ccn1. The number of amides is 2. The van der Waals surface area contributed by atoms with Crippen molar-refractivity contribution in [3.8, 4) is 5.75 Å². The van der Waals surface area contributed by atoms with Crippen LogP contribution in [0.4, 0.5) is 23.4 Å². The Hall–Kier alpha value is -3.17. The zero-order valence-corrected chi connectivity index (χ0v) is 14.1. The van der Waals surface area contributed by atoms with E-state index in [-0.39, 0.29) is 35.8 Å². The Morgan fingerprint density at radius 2 is 1.93 bits per heavy atom. The predicted octanol–water partition coefficient (Wildman–Crippen LogP) is 3.40. The van der Waals surface area contributed by atoms with E-state index in [1.807, 2.05) is 0 Å². The van der Waals surface area contributed by atoms with Crippen LogP contribution in [0.1, 0.15) is 29.3 Å². The van der Waals surface area contributed by atoms with Gasteiger partial charge in [0, 0.05) is 24.7 Å². The Morgan fingerprint density at radius 3 is 2.56 bits per heavy atom. The van der Waals surface area contributed by atoms with Gasteiger partial charge < -0.3 is 15.4 Å². The van der Waals surface area contributed by atoms with Crippen molar-refractivity contribution >= 4 is 17.6 Å². The van der Waals surface area contributed by atoms with Crippen molar-refractivity contribution in [2.75, 3.05) is 5.32 Å². The number of carbonyl (C=O) groups is 2. The average molecular weight is 385 g/mol. The van der Waals surface area contributed by atoms with E-state index >= 15 is 0 Å². The molecule has 27 heavy (non-hydrogen) atoms. The van der Waals surface area contributed by atoms with Crippen LogP contribution in [0.2, 0.25) is 0 Å². The Bertz CT molecular complexity index is 840. The zero-order chi connectivity index (χ0) is 20.0. The molecule has 0 saturated carbocycles. The molecule has 0 aliphatic rings. The van der Waals surface area contributed by atoms with Gasteiger partial charge in [0.15, 0.2) is 11.6 Å². The molecule has 0 unspecified atom stereocenters. The molecule has 0 bridgehead atoms. The van der Waals surface area contributed by atoms with Crippen LogP contribution in [-0.2, 0) is 11.3 Å². The van der Waals surface area contributed by atoms with E-state index in [4.69, 9.17) is 0 Å². The lowest BCUT2D eigenvalue weighted by Crippen LogP contribution is -2.23. The van der Waals surface area contributed by atoms with E-state index in [1.165, 1.54) is 24.4 Å². The largest absolute Gasteiger partial charge is 0.573 e. The number of hydrogen-bond acceptors (Lipinski definition) is 4.